The quantitative estimate of drug-likeness (QED) is 0.248. The van der Waals surface area contributed by atoms with E-state index in [1.54, 1.807) is 0 Å². The van der Waals surface area contributed by atoms with E-state index in [-0.39, 0.29) is 0 Å². The van der Waals surface area contributed by atoms with Gasteiger partial charge in [0.25, 0.3) is 0 Å². The Kier molecular flexibility index (Phi) is 2.70. The van der Waals surface area contributed by atoms with E-state index < -0.39 is 0 Å². The summed E-state index contributed by atoms with van der Waals surface area (Å²) in [6, 6.07) is 37.8. The number of para-hydroxylation sites is 1. The molecule has 1 nitrogen and oxygen atoms in total. The molecule has 0 saturated heterocycles. The first-order valence-electron chi connectivity index (χ1n) is 10.8. The monoisotopic (exact) mass is 391 g/mol. The fourth-order valence-corrected chi connectivity index (χ4v) is 5.90. The minimum Gasteiger partial charge on any atom is -0.308 e. The van der Waals surface area contributed by atoms with Crippen molar-refractivity contribution in [2.24, 2.45) is 0 Å². The maximum Gasteiger partial charge on any atom is 0.0627 e. The van der Waals surface area contributed by atoms with Crippen LogP contribution in [0.5, 0.6) is 0 Å². The number of hydrogen-bond acceptors (Lipinski definition) is 0. The molecule has 2 heterocycles. The molecule has 2 aromatic heterocycles. The molecule has 0 fully saturated rings. The Labute approximate surface area is 178 Å². The number of nitrogens with zero attached hydrogens (tertiary/aromatic N) is 1. The van der Waals surface area contributed by atoms with E-state index in [4.69, 9.17) is 0 Å². The first kappa shape index (κ1) is 15.7. The van der Waals surface area contributed by atoms with E-state index in [0.717, 1.165) is 0 Å². The second-order valence-corrected chi connectivity index (χ2v) is 8.53. The van der Waals surface area contributed by atoms with Crippen LogP contribution in [-0.2, 0) is 0 Å². The maximum atomic E-state index is 2.49. The van der Waals surface area contributed by atoms with Crippen molar-refractivity contribution in [2.45, 2.75) is 0 Å². The molecule has 31 heavy (non-hydrogen) atoms. The third-order valence-corrected chi connectivity index (χ3v) is 7.06. The molecule has 0 bridgehead atoms. The van der Waals surface area contributed by atoms with E-state index in [1.165, 1.54) is 70.8 Å². The van der Waals surface area contributed by atoms with Crippen molar-refractivity contribution in [3.63, 3.8) is 0 Å². The predicted molar refractivity (Wildman–Crippen MR) is 133 cm³/mol. The van der Waals surface area contributed by atoms with Crippen molar-refractivity contribution < 1.29 is 0 Å². The van der Waals surface area contributed by atoms with Gasteiger partial charge in [-0.25, -0.2) is 0 Å². The summed E-state index contributed by atoms with van der Waals surface area (Å²) in [6.07, 6.45) is 0. The third-order valence-electron chi connectivity index (χ3n) is 7.06. The zero-order valence-electron chi connectivity index (χ0n) is 16.8. The lowest BCUT2D eigenvalue weighted by Crippen LogP contribution is -1.87. The maximum absolute atomic E-state index is 2.49. The fourth-order valence-electron chi connectivity index (χ4n) is 5.90. The fraction of sp³-hybridized carbons (Fsp3) is 0. The van der Waals surface area contributed by atoms with Crippen LogP contribution in [-0.4, -0.2) is 4.40 Å². The zero-order valence-corrected chi connectivity index (χ0v) is 16.8. The van der Waals surface area contributed by atoms with Crippen LogP contribution in [0, 0.1) is 0 Å². The summed E-state index contributed by atoms with van der Waals surface area (Å²) in [5.74, 6) is 0. The zero-order chi connectivity index (χ0) is 20.1. The highest BCUT2D eigenvalue weighted by Crippen LogP contribution is 2.49. The molecule has 0 spiro atoms. The number of rotatable bonds is 1. The van der Waals surface area contributed by atoms with E-state index >= 15 is 0 Å². The highest BCUT2D eigenvalue weighted by molar-refractivity contribution is 6.40. The van der Waals surface area contributed by atoms with Crippen molar-refractivity contribution >= 4 is 59.6 Å². The van der Waals surface area contributed by atoms with Crippen molar-refractivity contribution in [3.8, 4) is 11.1 Å². The molecule has 0 saturated carbocycles. The molecule has 0 aliphatic carbocycles. The van der Waals surface area contributed by atoms with E-state index in [9.17, 15) is 0 Å². The normalized spacial score (nSPS) is 12.5. The van der Waals surface area contributed by atoms with Gasteiger partial charge in [-0.3, -0.25) is 0 Å². The molecule has 0 radical (unpaired) electrons. The molecular formula is C30H17N. The summed E-state index contributed by atoms with van der Waals surface area (Å²) in [4.78, 5) is 0. The first-order valence-corrected chi connectivity index (χ1v) is 10.8. The summed E-state index contributed by atoms with van der Waals surface area (Å²) in [6.45, 7) is 0. The van der Waals surface area contributed by atoms with Crippen molar-refractivity contribution in [3.05, 3.63) is 103 Å². The molecule has 8 aromatic rings. The van der Waals surface area contributed by atoms with Gasteiger partial charge < -0.3 is 4.40 Å². The van der Waals surface area contributed by atoms with Gasteiger partial charge in [-0.1, -0.05) is 84.9 Å². The van der Waals surface area contributed by atoms with Gasteiger partial charge in [0.05, 0.1) is 16.6 Å². The molecule has 0 aliphatic heterocycles. The highest BCUT2D eigenvalue weighted by Gasteiger charge is 2.24. The number of benzene rings is 6. The van der Waals surface area contributed by atoms with Gasteiger partial charge in [0.1, 0.15) is 0 Å². The van der Waals surface area contributed by atoms with Crippen LogP contribution < -0.4 is 0 Å². The Morgan fingerprint density at radius 2 is 1.06 bits per heavy atom. The lowest BCUT2D eigenvalue weighted by atomic mass is 9.88. The second-order valence-electron chi connectivity index (χ2n) is 8.53. The molecule has 8 rings (SSSR count). The van der Waals surface area contributed by atoms with Crippen LogP contribution in [0.4, 0.5) is 0 Å². The van der Waals surface area contributed by atoms with Gasteiger partial charge in [-0.2, -0.15) is 0 Å². The van der Waals surface area contributed by atoms with Crippen molar-refractivity contribution in [2.75, 3.05) is 0 Å². The molecular weight excluding hydrogens is 374 g/mol. The van der Waals surface area contributed by atoms with Gasteiger partial charge in [-0.05, 0) is 45.5 Å². The predicted octanol–water partition coefficient (Wildman–Crippen LogP) is 8.25. The summed E-state index contributed by atoms with van der Waals surface area (Å²) >= 11 is 0. The molecule has 0 N–H and O–H groups in total. The van der Waals surface area contributed by atoms with E-state index in [0.29, 0.717) is 0 Å². The minimum atomic E-state index is 1.27. The molecule has 6 aromatic carbocycles. The van der Waals surface area contributed by atoms with Crippen LogP contribution in [0.2, 0.25) is 0 Å². The van der Waals surface area contributed by atoms with Gasteiger partial charge in [0, 0.05) is 26.9 Å². The van der Waals surface area contributed by atoms with Crippen LogP contribution >= 0.6 is 0 Å². The van der Waals surface area contributed by atoms with Gasteiger partial charge in [-0.15, -0.1) is 0 Å². The molecule has 0 amide bonds. The molecule has 0 aliphatic rings. The van der Waals surface area contributed by atoms with Crippen molar-refractivity contribution in [1.29, 1.82) is 0 Å². The largest absolute Gasteiger partial charge is 0.308 e. The smallest absolute Gasteiger partial charge is 0.0627 e. The average molecular weight is 391 g/mol. The topological polar surface area (TPSA) is 4.41 Å². The summed E-state index contributed by atoms with van der Waals surface area (Å²) in [5, 5.41) is 10.8. The molecule has 0 atom stereocenters. The van der Waals surface area contributed by atoms with Gasteiger partial charge in [0.2, 0.25) is 0 Å². The number of hydrogen-bond donors (Lipinski definition) is 0. The van der Waals surface area contributed by atoms with Gasteiger partial charge in [0.15, 0.2) is 0 Å². The lowest BCUT2D eigenvalue weighted by Gasteiger charge is -2.14. The molecule has 1 heteroatoms. The highest BCUT2D eigenvalue weighted by atomic mass is 14.9. The number of aromatic nitrogens is 1. The first-order chi connectivity index (χ1) is 15.4. The van der Waals surface area contributed by atoms with Gasteiger partial charge >= 0.3 is 0 Å². The Balaban J connectivity index is 1.83. The summed E-state index contributed by atoms with van der Waals surface area (Å²) < 4.78 is 2.49. The average Bonchev–Trinajstić information content (AvgIpc) is 3.36. The van der Waals surface area contributed by atoms with Crippen LogP contribution in [0.15, 0.2) is 103 Å². The Morgan fingerprint density at radius 1 is 0.419 bits per heavy atom. The summed E-state index contributed by atoms with van der Waals surface area (Å²) in [7, 11) is 0. The van der Waals surface area contributed by atoms with Crippen molar-refractivity contribution in [1.82, 2.24) is 4.40 Å². The van der Waals surface area contributed by atoms with E-state index in [2.05, 4.69) is 108 Å². The summed E-state index contributed by atoms with van der Waals surface area (Å²) in [5.41, 5.74) is 6.54. The minimum absolute atomic E-state index is 1.27. The lowest BCUT2D eigenvalue weighted by molar-refractivity contribution is 1.37. The molecule has 0 unspecified atom stereocenters. The van der Waals surface area contributed by atoms with E-state index in [1.807, 2.05) is 0 Å². The Morgan fingerprint density at radius 3 is 1.94 bits per heavy atom. The number of fused-ring (bicyclic) bond motifs is 7. The SMILES string of the molecule is c1ccc(-c2cc3c4ccccc4n4c5cccc6c7ccccc7c2c(c65)c34)cc1. The Bertz CT molecular complexity index is 1920. The van der Waals surface area contributed by atoms with Crippen LogP contribution in [0.3, 0.4) is 0 Å². The van der Waals surface area contributed by atoms with Crippen LogP contribution in [0.25, 0.3) is 70.8 Å². The second kappa shape index (κ2) is 5.33. The molecule has 142 valence electrons. The standard InChI is InChI=1S/C30H17N/c1-2-9-18(10-3-1)23-17-24-20-12-6-7-15-25(20)31-26-16-8-14-22-19-11-4-5-13-21(19)27(23)29(28(22)26)30(24)31/h1-17H. The Hall–Kier alpha value is -4.10. The van der Waals surface area contributed by atoms with Crippen LogP contribution in [0.1, 0.15) is 0 Å². The third kappa shape index (κ3) is 1.75.